The van der Waals surface area contributed by atoms with Crippen LogP contribution in [-0.4, -0.2) is 4.98 Å². The molecule has 0 aliphatic heterocycles. The minimum Gasteiger partial charge on any atom is -0.337 e. The summed E-state index contributed by atoms with van der Waals surface area (Å²) in [5, 5.41) is 0. The van der Waals surface area contributed by atoms with E-state index in [2.05, 4.69) is 0 Å². The topological polar surface area (TPSA) is 32.9 Å². The molecule has 1 heterocycles. The van der Waals surface area contributed by atoms with Crippen molar-refractivity contribution < 1.29 is 13.2 Å². The van der Waals surface area contributed by atoms with Crippen molar-refractivity contribution in [3.8, 4) is 0 Å². The first-order valence-corrected chi connectivity index (χ1v) is 3.96. The Labute approximate surface area is 78.9 Å². The molecule has 0 aliphatic rings. The molecular formula is C6H3F3INO. The molecular weight excluding hydrogens is 286 g/mol. The molecule has 0 unspecified atom stereocenters. The molecule has 0 bridgehead atoms. The van der Waals surface area contributed by atoms with Gasteiger partial charge in [-0.25, -0.2) is 8.78 Å². The Balaban J connectivity index is 3.44. The van der Waals surface area contributed by atoms with E-state index in [1.54, 1.807) is 22.6 Å². The van der Waals surface area contributed by atoms with E-state index in [0.717, 1.165) is 6.20 Å². The number of alkyl halides is 2. The van der Waals surface area contributed by atoms with Gasteiger partial charge in [-0.15, -0.1) is 0 Å². The van der Waals surface area contributed by atoms with Gasteiger partial charge in [0.15, 0.2) is 0 Å². The number of rotatable bonds is 1. The zero-order valence-corrected chi connectivity index (χ0v) is 7.73. The van der Waals surface area contributed by atoms with Crippen LogP contribution in [0.25, 0.3) is 0 Å². The molecule has 2 nitrogen and oxygen atoms in total. The summed E-state index contributed by atoms with van der Waals surface area (Å²) < 4.78 is 36.6. The fraction of sp³-hybridized carbons (Fsp3) is 0.167. The van der Waals surface area contributed by atoms with Crippen molar-refractivity contribution >= 4 is 22.6 Å². The average Bonchev–Trinajstić information content (AvgIpc) is 1.97. The Bertz CT molecular complexity index is 349. The van der Waals surface area contributed by atoms with E-state index in [-0.39, 0.29) is 3.57 Å². The maximum Gasteiger partial charge on any atom is 0.272 e. The van der Waals surface area contributed by atoms with Gasteiger partial charge < -0.3 is 4.98 Å². The number of halogens is 4. The second-order valence-corrected chi connectivity index (χ2v) is 3.16. The molecule has 1 rings (SSSR count). The van der Waals surface area contributed by atoms with Crippen molar-refractivity contribution in [2.45, 2.75) is 6.43 Å². The lowest BCUT2D eigenvalue weighted by Gasteiger charge is -2.00. The van der Waals surface area contributed by atoms with Crippen molar-refractivity contribution in [3.05, 3.63) is 31.5 Å². The Hall–Kier alpha value is -0.530. The quantitative estimate of drug-likeness (QED) is 0.623. The number of nitrogens with one attached hydrogen (secondary N) is 1. The lowest BCUT2D eigenvalue weighted by atomic mass is 10.3. The molecule has 0 spiro atoms. The number of hydrogen-bond donors (Lipinski definition) is 1. The minimum atomic E-state index is -3.08. The summed E-state index contributed by atoms with van der Waals surface area (Å²) in [5.41, 5.74) is -2.05. The van der Waals surface area contributed by atoms with Gasteiger partial charge in [0.2, 0.25) is 11.4 Å². The SMILES string of the molecule is O=c1c(I)c[nH]c(F)c1C(F)F. The molecule has 0 atom stereocenters. The van der Waals surface area contributed by atoms with Crippen LogP contribution in [0, 0.1) is 9.52 Å². The molecule has 0 saturated heterocycles. The molecule has 0 saturated carbocycles. The molecule has 0 fully saturated rings. The van der Waals surface area contributed by atoms with Gasteiger partial charge in [0.05, 0.1) is 3.57 Å². The zero-order valence-electron chi connectivity index (χ0n) is 5.57. The van der Waals surface area contributed by atoms with E-state index in [9.17, 15) is 18.0 Å². The van der Waals surface area contributed by atoms with Gasteiger partial charge in [-0.2, -0.15) is 4.39 Å². The van der Waals surface area contributed by atoms with Gasteiger partial charge in [-0.3, -0.25) is 4.79 Å². The van der Waals surface area contributed by atoms with Crippen LogP contribution in [0.5, 0.6) is 0 Å². The second kappa shape index (κ2) is 3.46. The summed E-state index contributed by atoms with van der Waals surface area (Å²) in [6.07, 6.45) is -2.03. The van der Waals surface area contributed by atoms with E-state index in [0.29, 0.717) is 0 Å². The third-order valence-corrected chi connectivity index (χ3v) is 2.04. The van der Waals surface area contributed by atoms with Crippen LogP contribution in [0.2, 0.25) is 0 Å². The number of pyridine rings is 1. The lowest BCUT2D eigenvalue weighted by molar-refractivity contribution is 0.143. The van der Waals surface area contributed by atoms with Crippen molar-refractivity contribution in [2.75, 3.05) is 0 Å². The first-order chi connectivity index (χ1) is 5.54. The molecule has 1 aromatic rings. The minimum absolute atomic E-state index is 0.0456. The Morgan fingerprint density at radius 1 is 1.50 bits per heavy atom. The van der Waals surface area contributed by atoms with Crippen LogP contribution >= 0.6 is 22.6 Å². The molecule has 1 N–H and O–H groups in total. The summed E-state index contributed by atoms with van der Waals surface area (Å²) in [5.74, 6) is -1.27. The van der Waals surface area contributed by atoms with Crippen LogP contribution in [0.15, 0.2) is 11.0 Å². The Kier molecular flexibility index (Phi) is 2.76. The lowest BCUT2D eigenvalue weighted by Crippen LogP contribution is -2.16. The van der Waals surface area contributed by atoms with Gasteiger partial charge in [-0.05, 0) is 22.6 Å². The molecule has 0 amide bonds. The molecule has 0 aliphatic carbocycles. The maximum absolute atomic E-state index is 12.5. The fourth-order valence-corrected chi connectivity index (χ4v) is 1.14. The van der Waals surface area contributed by atoms with Crippen molar-refractivity contribution in [1.82, 2.24) is 4.98 Å². The number of aromatic amines is 1. The van der Waals surface area contributed by atoms with Crippen molar-refractivity contribution in [1.29, 1.82) is 0 Å². The van der Waals surface area contributed by atoms with Crippen molar-refractivity contribution in [3.63, 3.8) is 0 Å². The fourth-order valence-electron chi connectivity index (χ4n) is 0.693. The van der Waals surface area contributed by atoms with E-state index in [1.165, 1.54) is 0 Å². The van der Waals surface area contributed by atoms with Crippen LogP contribution < -0.4 is 5.43 Å². The van der Waals surface area contributed by atoms with Crippen LogP contribution in [0.3, 0.4) is 0 Å². The van der Waals surface area contributed by atoms with E-state index in [1.807, 2.05) is 4.98 Å². The van der Waals surface area contributed by atoms with Gasteiger partial charge in [-0.1, -0.05) is 0 Å². The highest BCUT2D eigenvalue weighted by Gasteiger charge is 2.19. The first kappa shape index (κ1) is 9.56. The second-order valence-electron chi connectivity index (χ2n) is 1.99. The molecule has 6 heteroatoms. The molecule has 0 aromatic carbocycles. The molecule has 12 heavy (non-hydrogen) atoms. The maximum atomic E-state index is 12.5. The number of H-pyrrole nitrogens is 1. The largest absolute Gasteiger partial charge is 0.337 e. The third-order valence-electron chi connectivity index (χ3n) is 1.24. The summed E-state index contributed by atoms with van der Waals surface area (Å²) in [6, 6.07) is 0. The number of hydrogen-bond acceptors (Lipinski definition) is 1. The van der Waals surface area contributed by atoms with Crippen LogP contribution in [-0.2, 0) is 0 Å². The standard InChI is InChI=1S/C6H3F3INO/c7-5(8)3-4(12)2(10)1-11-6(3)9/h1,5H,(H,11,12). The highest BCUT2D eigenvalue weighted by Crippen LogP contribution is 2.17. The van der Waals surface area contributed by atoms with Crippen molar-refractivity contribution in [2.24, 2.45) is 0 Å². The third kappa shape index (κ3) is 1.62. The Morgan fingerprint density at radius 3 is 2.50 bits per heavy atom. The van der Waals surface area contributed by atoms with E-state index < -0.39 is 23.4 Å². The highest BCUT2D eigenvalue weighted by atomic mass is 127. The van der Waals surface area contributed by atoms with E-state index in [4.69, 9.17) is 0 Å². The predicted octanol–water partition coefficient (Wildman–Crippen LogP) is 2.06. The number of aromatic nitrogens is 1. The van der Waals surface area contributed by atoms with Gasteiger partial charge in [0, 0.05) is 6.20 Å². The highest BCUT2D eigenvalue weighted by molar-refractivity contribution is 14.1. The molecule has 1 aromatic heterocycles. The van der Waals surface area contributed by atoms with Crippen LogP contribution in [0.1, 0.15) is 12.0 Å². The summed E-state index contributed by atoms with van der Waals surface area (Å²) >= 11 is 1.56. The summed E-state index contributed by atoms with van der Waals surface area (Å²) in [4.78, 5) is 12.8. The van der Waals surface area contributed by atoms with E-state index >= 15 is 0 Å². The smallest absolute Gasteiger partial charge is 0.272 e. The van der Waals surface area contributed by atoms with Gasteiger partial charge in [0.1, 0.15) is 5.56 Å². The summed E-state index contributed by atoms with van der Waals surface area (Å²) in [7, 11) is 0. The zero-order chi connectivity index (χ0) is 9.30. The molecule has 0 radical (unpaired) electrons. The van der Waals surface area contributed by atoms with Gasteiger partial charge >= 0.3 is 0 Å². The normalized spacial score (nSPS) is 10.8. The van der Waals surface area contributed by atoms with Gasteiger partial charge in [0.25, 0.3) is 6.43 Å². The first-order valence-electron chi connectivity index (χ1n) is 2.88. The van der Waals surface area contributed by atoms with Crippen LogP contribution in [0.4, 0.5) is 13.2 Å². The predicted molar refractivity (Wildman–Crippen MR) is 44.7 cm³/mol. The summed E-state index contributed by atoms with van der Waals surface area (Å²) in [6.45, 7) is 0. The average molecular weight is 289 g/mol. The Morgan fingerprint density at radius 2 is 2.08 bits per heavy atom. The monoisotopic (exact) mass is 289 g/mol. The molecule has 66 valence electrons.